The molecular weight excluding hydrogens is 430 g/mol. The van der Waals surface area contributed by atoms with Gasteiger partial charge in [-0.05, 0) is 55.0 Å². The summed E-state index contributed by atoms with van der Waals surface area (Å²) < 4.78 is 11.0. The van der Waals surface area contributed by atoms with Gasteiger partial charge in [-0.1, -0.05) is 45.0 Å². The second-order valence-electron chi connectivity index (χ2n) is 9.59. The first kappa shape index (κ1) is 25.5. The molecule has 0 aromatic heterocycles. The Morgan fingerprint density at radius 3 is 2.44 bits per heavy atom. The molecule has 6 heteroatoms. The van der Waals surface area contributed by atoms with Crippen LogP contribution < -0.4 is 4.74 Å². The van der Waals surface area contributed by atoms with Gasteiger partial charge in [0.25, 0.3) is 11.7 Å². The minimum absolute atomic E-state index is 0.112. The van der Waals surface area contributed by atoms with Crippen molar-refractivity contribution in [2.75, 3.05) is 26.9 Å². The van der Waals surface area contributed by atoms with Crippen molar-refractivity contribution in [3.8, 4) is 5.75 Å². The van der Waals surface area contributed by atoms with E-state index in [1.165, 1.54) is 0 Å². The van der Waals surface area contributed by atoms with E-state index < -0.39 is 17.7 Å². The molecule has 1 amide bonds. The third-order valence-corrected chi connectivity index (χ3v) is 6.13. The number of Topliss-reactive ketones (excluding diaryl/α,β-unsaturated/α-hetero) is 1. The summed E-state index contributed by atoms with van der Waals surface area (Å²) in [6, 6.07) is 12.4. The summed E-state index contributed by atoms with van der Waals surface area (Å²) in [5.41, 5.74) is 3.03. The van der Waals surface area contributed by atoms with E-state index in [1.807, 2.05) is 50.2 Å². The Bertz CT molecular complexity index is 1100. The van der Waals surface area contributed by atoms with Crippen molar-refractivity contribution >= 4 is 17.4 Å². The first-order valence-electron chi connectivity index (χ1n) is 11.7. The summed E-state index contributed by atoms with van der Waals surface area (Å²) in [5.74, 6) is -0.710. The zero-order valence-electron chi connectivity index (χ0n) is 21.0. The van der Waals surface area contributed by atoms with Crippen LogP contribution in [0.1, 0.15) is 62.4 Å². The van der Waals surface area contributed by atoms with E-state index in [-0.39, 0.29) is 16.7 Å². The van der Waals surface area contributed by atoms with Crippen molar-refractivity contribution in [2.45, 2.75) is 52.5 Å². The molecule has 3 rings (SSSR count). The van der Waals surface area contributed by atoms with E-state index in [9.17, 15) is 14.7 Å². The van der Waals surface area contributed by atoms with Crippen molar-refractivity contribution in [2.24, 2.45) is 0 Å². The lowest BCUT2D eigenvalue weighted by molar-refractivity contribution is -0.140. The molecule has 0 spiro atoms. The molecule has 1 saturated heterocycles. The summed E-state index contributed by atoms with van der Waals surface area (Å²) in [6.07, 6.45) is 0.586. The minimum Gasteiger partial charge on any atom is -0.507 e. The monoisotopic (exact) mass is 465 g/mol. The molecule has 0 aliphatic carbocycles. The van der Waals surface area contributed by atoms with Gasteiger partial charge in [0, 0.05) is 31.4 Å². The average Bonchev–Trinajstić information content (AvgIpc) is 3.04. The number of ether oxygens (including phenoxy) is 2. The summed E-state index contributed by atoms with van der Waals surface area (Å²) in [6.45, 7) is 11.4. The van der Waals surface area contributed by atoms with Gasteiger partial charge in [-0.15, -0.1) is 0 Å². The number of carbonyl (C=O) groups is 2. The molecule has 1 fully saturated rings. The second-order valence-corrected chi connectivity index (χ2v) is 9.59. The highest BCUT2D eigenvalue weighted by Gasteiger charge is 2.46. The molecule has 1 N–H and O–H groups in total. The standard InChI is InChI=1S/C28H35NO5/c1-7-34-22-14-13-19(17-21(22)28(3,4)5)25(30)23-24(20-12-9-8-11-18(20)2)29(15-10-16-33-6)27(32)26(23)31/h8-9,11-14,17,24,30H,7,10,15-16H2,1-6H3/b25-23+. The maximum atomic E-state index is 13.2. The fourth-order valence-electron chi connectivity index (χ4n) is 4.41. The Morgan fingerprint density at radius 1 is 1.12 bits per heavy atom. The van der Waals surface area contributed by atoms with Crippen LogP contribution in [0.3, 0.4) is 0 Å². The lowest BCUT2D eigenvalue weighted by Gasteiger charge is -2.27. The SMILES string of the molecule is CCOc1ccc(/C(O)=C2\C(=O)C(=O)N(CCCOC)C2c2ccccc2C)cc1C(C)(C)C. The van der Waals surface area contributed by atoms with Crippen LogP contribution in [0.5, 0.6) is 5.75 Å². The average molecular weight is 466 g/mol. The van der Waals surface area contributed by atoms with E-state index >= 15 is 0 Å². The summed E-state index contributed by atoms with van der Waals surface area (Å²) >= 11 is 0. The topological polar surface area (TPSA) is 76.1 Å². The van der Waals surface area contributed by atoms with E-state index in [1.54, 1.807) is 18.1 Å². The van der Waals surface area contributed by atoms with E-state index in [0.29, 0.717) is 31.7 Å². The Kier molecular flexibility index (Phi) is 7.82. The molecule has 0 radical (unpaired) electrons. The van der Waals surface area contributed by atoms with Gasteiger partial charge in [-0.2, -0.15) is 0 Å². The smallest absolute Gasteiger partial charge is 0.295 e. The van der Waals surface area contributed by atoms with Gasteiger partial charge in [0.15, 0.2) is 0 Å². The molecule has 34 heavy (non-hydrogen) atoms. The normalized spacial score (nSPS) is 17.9. The molecule has 6 nitrogen and oxygen atoms in total. The molecule has 2 aromatic rings. The molecule has 1 heterocycles. The van der Waals surface area contributed by atoms with Crippen LogP contribution in [-0.4, -0.2) is 48.6 Å². The van der Waals surface area contributed by atoms with Crippen LogP contribution >= 0.6 is 0 Å². The highest BCUT2D eigenvalue weighted by atomic mass is 16.5. The number of likely N-dealkylation sites (tertiary alicyclic amines) is 1. The lowest BCUT2D eigenvalue weighted by atomic mass is 9.84. The maximum Gasteiger partial charge on any atom is 0.295 e. The number of hydrogen-bond acceptors (Lipinski definition) is 5. The Hall–Kier alpha value is -3.12. The predicted molar refractivity (Wildman–Crippen MR) is 133 cm³/mol. The summed E-state index contributed by atoms with van der Waals surface area (Å²) in [7, 11) is 1.60. The van der Waals surface area contributed by atoms with Crippen molar-refractivity contribution in [1.82, 2.24) is 4.90 Å². The van der Waals surface area contributed by atoms with Crippen LogP contribution in [-0.2, 0) is 19.7 Å². The fourth-order valence-corrected chi connectivity index (χ4v) is 4.41. The number of aliphatic hydroxyl groups is 1. The van der Waals surface area contributed by atoms with E-state index in [4.69, 9.17) is 9.47 Å². The summed E-state index contributed by atoms with van der Waals surface area (Å²) in [5, 5.41) is 11.4. The Balaban J connectivity index is 2.19. The van der Waals surface area contributed by atoms with Gasteiger partial charge < -0.3 is 19.5 Å². The number of aryl methyl sites for hydroxylation is 1. The molecule has 1 atom stereocenters. The first-order valence-corrected chi connectivity index (χ1v) is 11.7. The maximum absolute atomic E-state index is 13.2. The molecule has 0 saturated carbocycles. The largest absolute Gasteiger partial charge is 0.507 e. The minimum atomic E-state index is -0.672. The third kappa shape index (κ3) is 5.02. The number of hydrogen-bond donors (Lipinski definition) is 1. The highest BCUT2D eigenvalue weighted by molar-refractivity contribution is 6.46. The number of ketones is 1. The molecule has 2 aromatic carbocycles. The number of carbonyl (C=O) groups excluding carboxylic acids is 2. The van der Waals surface area contributed by atoms with Crippen molar-refractivity contribution in [3.63, 3.8) is 0 Å². The molecule has 182 valence electrons. The van der Waals surface area contributed by atoms with Gasteiger partial charge in [0.2, 0.25) is 0 Å². The number of amides is 1. The second kappa shape index (κ2) is 10.4. The van der Waals surface area contributed by atoms with Crippen LogP contribution in [0.2, 0.25) is 0 Å². The van der Waals surface area contributed by atoms with Gasteiger partial charge in [0.05, 0.1) is 18.2 Å². The Labute approximate surface area is 202 Å². The van der Waals surface area contributed by atoms with Gasteiger partial charge in [-0.3, -0.25) is 9.59 Å². The van der Waals surface area contributed by atoms with Crippen LogP contribution in [0, 0.1) is 6.92 Å². The van der Waals surface area contributed by atoms with Gasteiger partial charge in [-0.25, -0.2) is 0 Å². The predicted octanol–water partition coefficient (Wildman–Crippen LogP) is 5.15. The first-order chi connectivity index (χ1) is 16.1. The van der Waals surface area contributed by atoms with Crippen LogP contribution in [0.25, 0.3) is 5.76 Å². The van der Waals surface area contributed by atoms with Crippen LogP contribution in [0.4, 0.5) is 0 Å². The van der Waals surface area contributed by atoms with Gasteiger partial charge in [0.1, 0.15) is 11.5 Å². The zero-order valence-corrected chi connectivity index (χ0v) is 21.0. The number of methoxy groups -OCH3 is 1. The molecule has 1 aliphatic heterocycles. The Morgan fingerprint density at radius 2 is 1.82 bits per heavy atom. The van der Waals surface area contributed by atoms with Crippen LogP contribution in [0.15, 0.2) is 48.0 Å². The fraction of sp³-hybridized carbons (Fsp3) is 0.429. The third-order valence-electron chi connectivity index (χ3n) is 6.13. The van der Waals surface area contributed by atoms with Crippen molar-refractivity contribution < 1.29 is 24.2 Å². The molecule has 0 bridgehead atoms. The molecular formula is C28H35NO5. The van der Waals surface area contributed by atoms with Gasteiger partial charge >= 0.3 is 0 Å². The number of benzene rings is 2. The van der Waals surface area contributed by atoms with E-state index in [2.05, 4.69) is 20.8 Å². The number of aliphatic hydroxyl groups excluding tert-OH is 1. The quantitative estimate of drug-likeness (QED) is 0.253. The molecule has 1 unspecified atom stereocenters. The number of rotatable bonds is 8. The highest BCUT2D eigenvalue weighted by Crippen LogP contribution is 2.42. The van der Waals surface area contributed by atoms with Crippen molar-refractivity contribution in [3.05, 3.63) is 70.3 Å². The van der Waals surface area contributed by atoms with Crippen molar-refractivity contribution in [1.29, 1.82) is 0 Å². The van der Waals surface area contributed by atoms with E-state index in [0.717, 1.165) is 22.4 Å². The lowest BCUT2D eigenvalue weighted by Crippen LogP contribution is -2.31. The zero-order chi connectivity index (χ0) is 25.0. The number of nitrogens with zero attached hydrogens (tertiary/aromatic N) is 1. The molecule has 1 aliphatic rings. The summed E-state index contributed by atoms with van der Waals surface area (Å²) in [4.78, 5) is 27.9.